The normalized spacial score (nSPS) is 11.0. The van der Waals surface area contributed by atoms with Crippen LogP contribution in [-0.2, 0) is 10.1 Å². The van der Waals surface area contributed by atoms with E-state index in [9.17, 15) is 8.42 Å². The van der Waals surface area contributed by atoms with Crippen LogP contribution in [0.5, 0.6) is 0 Å². The molecule has 2 rings (SSSR count). The second-order valence-corrected chi connectivity index (χ2v) is 4.34. The maximum atomic E-state index is 11.0. The van der Waals surface area contributed by atoms with Crippen molar-refractivity contribution in [3.8, 4) is 0 Å². The van der Waals surface area contributed by atoms with E-state index in [2.05, 4.69) is 0 Å². The van der Waals surface area contributed by atoms with E-state index in [-0.39, 0.29) is 23.8 Å². The van der Waals surface area contributed by atoms with Crippen molar-refractivity contribution >= 4 is 39.8 Å². The van der Waals surface area contributed by atoms with E-state index in [1.54, 1.807) is 30.3 Å². The van der Waals surface area contributed by atoms with Gasteiger partial charge in [-0.3, -0.25) is 4.55 Å². The second kappa shape index (κ2) is 4.38. The number of hydrogen-bond donors (Lipinski definition) is 1. The minimum absolute atomic E-state index is 0. The van der Waals surface area contributed by atoms with E-state index >= 15 is 0 Å². The average molecular weight is 215 g/mol. The van der Waals surface area contributed by atoms with Crippen LogP contribution in [-0.4, -0.2) is 31.8 Å². The molecular weight excluding hydrogens is 207 g/mol. The van der Waals surface area contributed by atoms with Gasteiger partial charge in [0, 0.05) is 24.2 Å². The molecule has 0 aliphatic heterocycles. The van der Waals surface area contributed by atoms with Crippen LogP contribution in [0, 0.1) is 0 Å². The Morgan fingerprint density at radius 3 is 2.20 bits per heavy atom. The van der Waals surface area contributed by atoms with Gasteiger partial charge in [-0.2, -0.15) is 8.42 Å². The standard InChI is InChI=1S/C10H8O3S.Li/c11-14(12,13)10-7-3-5-8-4-1-2-6-9(8)10;/h1-7H,(H,11,12,13);. The summed E-state index contributed by atoms with van der Waals surface area (Å²) in [4.78, 5) is -0.0457. The first-order valence-corrected chi connectivity index (χ1v) is 5.48. The summed E-state index contributed by atoms with van der Waals surface area (Å²) >= 11 is 0. The van der Waals surface area contributed by atoms with Gasteiger partial charge in [-0.25, -0.2) is 0 Å². The van der Waals surface area contributed by atoms with Crippen molar-refractivity contribution in [2.24, 2.45) is 0 Å². The molecule has 1 radical (unpaired) electrons. The quantitative estimate of drug-likeness (QED) is 0.582. The van der Waals surface area contributed by atoms with Crippen LogP contribution >= 0.6 is 0 Å². The zero-order chi connectivity index (χ0) is 10.2. The fourth-order valence-corrected chi connectivity index (χ4v) is 2.13. The Morgan fingerprint density at radius 1 is 0.933 bits per heavy atom. The van der Waals surface area contributed by atoms with Crippen molar-refractivity contribution < 1.29 is 13.0 Å². The molecule has 0 aliphatic rings. The van der Waals surface area contributed by atoms with Gasteiger partial charge in [-0.1, -0.05) is 36.4 Å². The molecule has 0 heterocycles. The third-order valence-corrected chi connectivity index (χ3v) is 2.94. The first kappa shape index (κ1) is 12.3. The molecule has 1 N–H and O–H groups in total. The number of benzene rings is 2. The Balaban J connectivity index is 0.00000112. The Hall–Kier alpha value is -0.793. The summed E-state index contributed by atoms with van der Waals surface area (Å²) in [5, 5.41) is 1.33. The molecule has 2 aromatic rings. The summed E-state index contributed by atoms with van der Waals surface area (Å²) < 4.78 is 31.0. The van der Waals surface area contributed by atoms with E-state index in [1.165, 1.54) is 6.07 Å². The average Bonchev–Trinajstić information content (AvgIpc) is 2.15. The zero-order valence-corrected chi connectivity index (χ0v) is 9.03. The van der Waals surface area contributed by atoms with Crippen LogP contribution in [0.25, 0.3) is 10.8 Å². The van der Waals surface area contributed by atoms with Crippen molar-refractivity contribution in [3.05, 3.63) is 42.5 Å². The maximum Gasteiger partial charge on any atom is 0.295 e. The summed E-state index contributed by atoms with van der Waals surface area (Å²) in [6.07, 6.45) is 0. The van der Waals surface area contributed by atoms with E-state index < -0.39 is 10.1 Å². The zero-order valence-electron chi connectivity index (χ0n) is 8.21. The van der Waals surface area contributed by atoms with Gasteiger partial charge in [0.25, 0.3) is 10.1 Å². The van der Waals surface area contributed by atoms with Crippen molar-refractivity contribution in [1.29, 1.82) is 0 Å². The van der Waals surface area contributed by atoms with Gasteiger partial charge in [0.1, 0.15) is 4.90 Å². The third kappa shape index (κ3) is 2.42. The maximum absolute atomic E-state index is 11.0. The molecule has 0 fully saturated rings. The monoisotopic (exact) mass is 215 g/mol. The van der Waals surface area contributed by atoms with Gasteiger partial charge in [-0.15, -0.1) is 0 Å². The van der Waals surface area contributed by atoms with E-state index in [0.29, 0.717) is 5.39 Å². The molecule has 15 heavy (non-hydrogen) atoms. The van der Waals surface area contributed by atoms with Gasteiger partial charge >= 0.3 is 0 Å². The Bertz CT molecular complexity index is 573. The van der Waals surface area contributed by atoms with Crippen LogP contribution in [0.3, 0.4) is 0 Å². The molecule has 73 valence electrons. The Kier molecular flexibility index (Phi) is 3.58. The molecule has 2 aromatic carbocycles. The Morgan fingerprint density at radius 2 is 1.53 bits per heavy atom. The van der Waals surface area contributed by atoms with Gasteiger partial charge in [0.15, 0.2) is 0 Å². The summed E-state index contributed by atoms with van der Waals surface area (Å²) in [7, 11) is -4.13. The topological polar surface area (TPSA) is 54.4 Å². The first-order valence-electron chi connectivity index (χ1n) is 4.04. The van der Waals surface area contributed by atoms with Crippen molar-refractivity contribution in [1.82, 2.24) is 0 Å². The largest absolute Gasteiger partial charge is 0.295 e. The van der Waals surface area contributed by atoms with Crippen molar-refractivity contribution in [3.63, 3.8) is 0 Å². The van der Waals surface area contributed by atoms with Crippen LogP contribution < -0.4 is 0 Å². The molecule has 3 nitrogen and oxygen atoms in total. The summed E-state index contributed by atoms with van der Waals surface area (Å²) in [5.74, 6) is 0. The Labute approximate surface area is 100 Å². The van der Waals surface area contributed by atoms with E-state index in [4.69, 9.17) is 4.55 Å². The molecule has 0 spiro atoms. The molecular formula is C10H8LiO3S. The smallest absolute Gasteiger partial charge is 0.282 e. The minimum Gasteiger partial charge on any atom is -0.282 e. The van der Waals surface area contributed by atoms with Crippen LogP contribution in [0.1, 0.15) is 0 Å². The molecule has 0 unspecified atom stereocenters. The molecule has 0 atom stereocenters. The predicted molar refractivity (Wildman–Crippen MR) is 59.5 cm³/mol. The minimum atomic E-state index is -4.13. The van der Waals surface area contributed by atoms with E-state index in [1.807, 2.05) is 6.07 Å². The molecule has 5 heteroatoms. The van der Waals surface area contributed by atoms with Crippen LogP contribution in [0.4, 0.5) is 0 Å². The van der Waals surface area contributed by atoms with Gasteiger partial charge < -0.3 is 0 Å². The molecule has 0 bridgehead atoms. The van der Waals surface area contributed by atoms with Crippen molar-refractivity contribution in [2.45, 2.75) is 4.90 Å². The van der Waals surface area contributed by atoms with Crippen molar-refractivity contribution in [2.75, 3.05) is 0 Å². The number of fused-ring (bicyclic) bond motifs is 1. The van der Waals surface area contributed by atoms with Crippen LogP contribution in [0.15, 0.2) is 47.4 Å². The van der Waals surface area contributed by atoms with E-state index in [0.717, 1.165) is 5.39 Å². The third-order valence-electron chi connectivity index (χ3n) is 2.03. The van der Waals surface area contributed by atoms with Crippen LogP contribution in [0.2, 0.25) is 0 Å². The number of rotatable bonds is 1. The van der Waals surface area contributed by atoms with Gasteiger partial charge in [0.2, 0.25) is 0 Å². The number of hydrogen-bond acceptors (Lipinski definition) is 2. The summed E-state index contributed by atoms with van der Waals surface area (Å²) in [6.45, 7) is 0. The fraction of sp³-hybridized carbons (Fsp3) is 0. The summed E-state index contributed by atoms with van der Waals surface area (Å²) in [6, 6.07) is 11.8. The molecule has 0 amide bonds. The SMILES string of the molecule is O=S(=O)(O)c1cccc2ccccc12.[Li]. The summed E-state index contributed by atoms with van der Waals surface area (Å²) in [5.41, 5.74) is 0. The van der Waals surface area contributed by atoms with Gasteiger partial charge in [0.05, 0.1) is 0 Å². The fourth-order valence-electron chi connectivity index (χ4n) is 1.42. The molecule has 0 aromatic heterocycles. The van der Waals surface area contributed by atoms with Gasteiger partial charge in [-0.05, 0) is 11.5 Å². The molecule has 0 saturated heterocycles. The predicted octanol–water partition coefficient (Wildman–Crippen LogP) is 1.71. The first-order chi connectivity index (χ1) is 6.59. The molecule has 0 saturated carbocycles. The molecule has 0 aliphatic carbocycles. The second-order valence-electron chi connectivity index (χ2n) is 2.95.